The van der Waals surface area contributed by atoms with E-state index in [0.717, 1.165) is 12.6 Å². The van der Waals surface area contributed by atoms with Crippen LogP contribution in [-0.2, 0) is 12.7 Å². The van der Waals surface area contributed by atoms with E-state index in [1.165, 1.54) is 23.3 Å². The first kappa shape index (κ1) is 26.9. The highest BCUT2D eigenvalue weighted by atomic mass is 19.4. The number of carbonyl (C=O) groups excluding carboxylic acids is 1. The Hall–Kier alpha value is -3.12. The van der Waals surface area contributed by atoms with Crippen LogP contribution in [0.4, 0.5) is 13.2 Å². The SMILES string of the molecule is Cc1cccc(CN2C[C@H](CN(CC(C)C)C(=O)c3ccccc3)[C@@H](c3cccc(C(F)(F)F)c3)C2)c1. The van der Waals surface area contributed by atoms with Crippen LogP contribution < -0.4 is 0 Å². The van der Waals surface area contributed by atoms with E-state index in [4.69, 9.17) is 0 Å². The van der Waals surface area contributed by atoms with Gasteiger partial charge in [0.25, 0.3) is 5.91 Å². The summed E-state index contributed by atoms with van der Waals surface area (Å²) in [6.45, 7) is 9.39. The van der Waals surface area contributed by atoms with Gasteiger partial charge in [-0.05, 0) is 48.1 Å². The lowest BCUT2D eigenvalue weighted by molar-refractivity contribution is -0.137. The summed E-state index contributed by atoms with van der Waals surface area (Å²) in [6, 6.07) is 23.3. The summed E-state index contributed by atoms with van der Waals surface area (Å²) < 4.78 is 40.6. The van der Waals surface area contributed by atoms with Crippen molar-refractivity contribution in [2.24, 2.45) is 11.8 Å². The molecule has 3 nitrogen and oxygen atoms in total. The lowest BCUT2D eigenvalue weighted by Crippen LogP contribution is -2.39. The molecule has 0 aliphatic carbocycles. The van der Waals surface area contributed by atoms with Crippen molar-refractivity contribution in [3.63, 3.8) is 0 Å². The van der Waals surface area contributed by atoms with Gasteiger partial charge in [-0.3, -0.25) is 9.69 Å². The van der Waals surface area contributed by atoms with Gasteiger partial charge >= 0.3 is 6.18 Å². The number of alkyl halides is 3. The lowest BCUT2D eigenvalue weighted by Gasteiger charge is -2.30. The van der Waals surface area contributed by atoms with E-state index >= 15 is 0 Å². The number of amides is 1. The first-order valence-corrected chi connectivity index (χ1v) is 12.9. The van der Waals surface area contributed by atoms with Crippen LogP contribution in [0.15, 0.2) is 78.9 Å². The predicted molar refractivity (Wildman–Crippen MR) is 141 cm³/mol. The molecular weight excluding hydrogens is 473 g/mol. The van der Waals surface area contributed by atoms with Crippen LogP contribution in [0, 0.1) is 18.8 Å². The van der Waals surface area contributed by atoms with Gasteiger partial charge in [-0.1, -0.05) is 80.1 Å². The van der Waals surface area contributed by atoms with Gasteiger partial charge < -0.3 is 4.90 Å². The summed E-state index contributed by atoms with van der Waals surface area (Å²) >= 11 is 0. The molecule has 0 N–H and O–H groups in total. The molecule has 0 bridgehead atoms. The van der Waals surface area contributed by atoms with Gasteiger partial charge in [0.2, 0.25) is 0 Å². The molecule has 1 aliphatic heterocycles. The maximum atomic E-state index is 13.5. The van der Waals surface area contributed by atoms with Gasteiger partial charge in [-0.15, -0.1) is 0 Å². The Labute approximate surface area is 217 Å². The molecule has 1 aliphatic rings. The Morgan fingerprint density at radius 1 is 0.973 bits per heavy atom. The van der Waals surface area contributed by atoms with E-state index < -0.39 is 11.7 Å². The monoisotopic (exact) mass is 508 g/mol. The van der Waals surface area contributed by atoms with E-state index in [1.807, 2.05) is 41.3 Å². The minimum atomic E-state index is -4.39. The summed E-state index contributed by atoms with van der Waals surface area (Å²) in [6.07, 6.45) is -4.39. The number of rotatable bonds is 8. The van der Waals surface area contributed by atoms with Crippen molar-refractivity contribution in [1.82, 2.24) is 9.80 Å². The molecule has 1 heterocycles. The fraction of sp³-hybridized carbons (Fsp3) is 0.387. The molecule has 0 unspecified atom stereocenters. The first-order chi connectivity index (χ1) is 17.6. The highest BCUT2D eigenvalue weighted by Crippen LogP contribution is 2.37. The summed E-state index contributed by atoms with van der Waals surface area (Å²) in [5.74, 6) is 0.142. The Morgan fingerprint density at radius 3 is 2.38 bits per heavy atom. The number of hydrogen-bond donors (Lipinski definition) is 0. The Morgan fingerprint density at radius 2 is 1.70 bits per heavy atom. The fourth-order valence-electron chi connectivity index (χ4n) is 5.39. The van der Waals surface area contributed by atoms with Crippen LogP contribution >= 0.6 is 0 Å². The van der Waals surface area contributed by atoms with Gasteiger partial charge in [0, 0.05) is 44.2 Å². The molecule has 4 rings (SSSR count). The van der Waals surface area contributed by atoms with Crippen molar-refractivity contribution in [3.8, 4) is 0 Å². The molecule has 0 saturated carbocycles. The Bertz CT molecular complexity index is 1190. The quantitative estimate of drug-likeness (QED) is 0.326. The maximum Gasteiger partial charge on any atom is 0.416 e. The molecule has 2 atom stereocenters. The van der Waals surface area contributed by atoms with Gasteiger partial charge in [0.05, 0.1) is 5.56 Å². The largest absolute Gasteiger partial charge is 0.416 e. The van der Waals surface area contributed by atoms with Gasteiger partial charge in [-0.25, -0.2) is 0 Å². The van der Waals surface area contributed by atoms with E-state index in [9.17, 15) is 18.0 Å². The zero-order chi connectivity index (χ0) is 26.6. The van der Waals surface area contributed by atoms with Gasteiger partial charge in [-0.2, -0.15) is 13.2 Å². The number of likely N-dealkylation sites (tertiary alicyclic amines) is 1. The minimum absolute atomic E-state index is 0.0136. The molecule has 3 aromatic carbocycles. The van der Waals surface area contributed by atoms with Crippen LogP contribution in [0.25, 0.3) is 0 Å². The van der Waals surface area contributed by atoms with E-state index in [1.54, 1.807) is 6.07 Å². The number of carbonyl (C=O) groups is 1. The predicted octanol–water partition coefficient (Wildman–Crippen LogP) is 7.03. The zero-order valence-electron chi connectivity index (χ0n) is 21.7. The molecule has 0 radical (unpaired) electrons. The smallest absolute Gasteiger partial charge is 0.338 e. The summed E-state index contributed by atoms with van der Waals surface area (Å²) in [5.41, 5.74) is 3.05. The van der Waals surface area contributed by atoms with Crippen molar-refractivity contribution in [2.75, 3.05) is 26.2 Å². The topological polar surface area (TPSA) is 23.6 Å². The second-order valence-corrected chi connectivity index (χ2v) is 10.6. The van der Waals surface area contributed by atoms with E-state index in [2.05, 4.69) is 43.9 Å². The number of benzene rings is 3. The van der Waals surface area contributed by atoms with Gasteiger partial charge in [0.1, 0.15) is 0 Å². The fourth-order valence-corrected chi connectivity index (χ4v) is 5.39. The summed E-state index contributed by atoms with van der Waals surface area (Å²) in [4.78, 5) is 17.7. The molecule has 37 heavy (non-hydrogen) atoms. The Kier molecular flexibility index (Phi) is 8.38. The number of hydrogen-bond acceptors (Lipinski definition) is 2. The van der Waals surface area contributed by atoms with Crippen LogP contribution in [0.3, 0.4) is 0 Å². The highest BCUT2D eigenvalue weighted by Gasteiger charge is 2.38. The lowest BCUT2D eigenvalue weighted by atomic mass is 9.87. The molecule has 3 aromatic rings. The van der Waals surface area contributed by atoms with Crippen molar-refractivity contribution in [2.45, 2.75) is 39.4 Å². The molecule has 1 fully saturated rings. The third-order valence-electron chi connectivity index (χ3n) is 7.00. The normalized spacial score (nSPS) is 18.4. The van der Waals surface area contributed by atoms with Gasteiger partial charge in [0.15, 0.2) is 0 Å². The highest BCUT2D eigenvalue weighted by molar-refractivity contribution is 5.94. The van der Waals surface area contributed by atoms with Crippen molar-refractivity contribution >= 4 is 5.91 Å². The van der Waals surface area contributed by atoms with Crippen LogP contribution in [0.5, 0.6) is 0 Å². The Balaban J connectivity index is 1.63. The summed E-state index contributed by atoms with van der Waals surface area (Å²) in [7, 11) is 0. The van der Waals surface area contributed by atoms with Crippen LogP contribution in [0.2, 0.25) is 0 Å². The third-order valence-corrected chi connectivity index (χ3v) is 7.00. The van der Waals surface area contributed by atoms with Crippen LogP contribution in [-0.4, -0.2) is 41.9 Å². The molecule has 1 saturated heterocycles. The van der Waals surface area contributed by atoms with E-state index in [0.29, 0.717) is 37.3 Å². The first-order valence-electron chi connectivity index (χ1n) is 12.9. The van der Waals surface area contributed by atoms with Crippen LogP contribution in [0.1, 0.15) is 52.4 Å². The van der Waals surface area contributed by atoms with E-state index in [-0.39, 0.29) is 23.7 Å². The zero-order valence-corrected chi connectivity index (χ0v) is 21.7. The third kappa shape index (κ3) is 7.01. The molecule has 0 spiro atoms. The molecular formula is C31H35F3N2O. The second kappa shape index (κ2) is 11.5. The second-order valence-electron chi connectivity index (χ2n) is 10.6. The number of aryl methyl sites for hydroxylation is 1. The molecule has 6 heteroatoms. The number of nitrogens with zero attached hydrogens (tertiary/aromatic N) is 2. The average molecular weight is 509 g/mol. The number of halogens is 3. The average Bonchev–Trinajstić information content (AvgIpc) is 3.25. The van der Waals surface area contributed by atoms with Crippen molar-refractivity contribution in [3.05, 3.63) is 107 Å². The van der Waals surface area contributed by atoms with Crippen molar-refractivity contribution < 1.29 is 18.0 Å². The molecule has 0 aromatic heterocycles. The van der Waals surface area contributed by atoms with Crippen molar-refractivity contribution in [1.29, 1.82) is 0 Å². The standard InChI is InChI=1S/C31H35F3N2O/c1-22(2)17-36(30(37)25-11-5-4-6-12-25)20-27-19-35(18-24-10-7-9-23(3)15-24)21-29(27)26-13-8-14-28(16-26)31(32,33)34/h4-16,22,27,29H,17-21H2,1-3H3/t27-,29-/m1/s1. The minimum Gasteiger partial charge on any atom is -0.338 e. The maximum absolute atomic E-state index is 13.5. The molecule has 196 valence electrons. The summed E-state index contributed by atoms with van der Waals surface area (Å²) in [5, 5.41) is 0. The molecule has 1 amide bonds.